The molecule has 4 rings (SSSR count). The molecule has 2 bridgehead atoms. The zero-order chi connectivity index (χ0) is 17.2. The Morgan fingerprint density at radius 1 is 1.12 bits per heavy atom. The third-order valence-electron chi connectivity index (χ3n) is 5.02. The highest BCUT2D eigenvalue weighted by Crippen LogP contribution is 2.37. The van der Waals surface area contributed by atoms with Gasteiger partial charge in [-0.15, -0.1) is 0 Å². The number of rotatable bonds is 5. The number of hydrogen-bond acceptors (Lipinski definition) is 5. The number of piperazine rings is 1. The van der Waals surface area contributed by atoms with E-state index in [1.807, 2.05) is 12.3 Å². The summed E-state index contributed by atoms with van der Waals surface area (Å²) >= 11 is 3.49. The second-order valence-electron chi connectivity index (χ2n) is 6.58. The zero-order valence-electron chi connectivity index (χ0n) is 14.3. The molecule has 1 aromatic carbocycles. The third-order valence-corrected chi connectivity index (χ3v) is 5.45. The van der Waals surface area contributed by atoms with Crippen molar-refractivity contribution in [3.05, 3.63) is 47.2 Å². The van der Waals surface area contributed by atoms with E-state index in [0.717, 1.165) is 23.4 Å². The first-order valence-electron chi connectivity index (χ1n) is 8.61. The molecule has 3 heterocycles. The fraction of sp³-hybridized carbons (Fsp3) is 0.421. The van der Waals surface area contributed by atoms with Gasteiger partial charge in [0.05, 0.1) is 0 Å². The second-order valence-corrected chi connectivity index (χ2v) is 7.39. The summed E-state index contributed by atoms with van der Waals surface area (Å²) in [5.41, 5.74) is 2.49. The normalized spacial score (nSPS) is 22.3. The van der Waals surface area contributed by atoms with Crippen LogP contribution in [0.5, 0.6) is 5.75 Å². The number of anilines is 2. The highest BCUT2D eigenvalue weighted by atomic mass is 79.9. The highest BCUT2D eigenvalue weighted by molar-refractivity contribution is 9.10. The van der Waals surface area contributed by atoms with Gasteiger partial charge >= 0.3 is 0 Å². The number of pyridine rings is 1. The summed E-state index contributed by atoms with van der Waals surface area (Å²) in [5, 5.41) is 0. The molecule has 132 valence electrons. The van der Waals surface area contributed by atoms with Crippen LogP contribution in [-0.2, 0) is 4.74 Å². The fourth-order valence-corrected chi connectivity index (χ4v) is 4.34. The van der Waals surface area contributed by atoms with Gasteiger partial charge in [-0.3, -0.25) is 0 Å². The lowest BCUT2D eigenvalue weighted by atomic mass is 10.1. The molecule has 0 saturated carbocycles. The van der Waals surface area contributed by atoms with Crippen molar-refractivity contribution in [1.82, 2.24) is 4.98 Å². The van der Waals surface area contributed by atoms with E-state index in [2.05, 4.69) is 61.0 Å². The van der Waals surface area contributed by atoms with Crippen molar-refractivity contribution in [3.8, 4) is 5.75 Å². The molecular formula is C19H22BrN3O2. The van der Waals surface area contributed by atoms with Gasteiger partial charge in [-0.1, -0.05) is 6.07 Å². The van der Waals surface area contributed by atoms with Gasteiger partial charge in [-0.2, -0.15) is 0 Å². The van der Waals surface area contributed by atoms with E-state index in [0.29, 0.717) is 12.1 Å². The topological polar surface area (TPSA) is 37.8 Å². The first-order valence-corrected chi connectivity index (χ1v) is 9.40. The molecule has 0 amide bonds. The summed E-state index contributed by atoms with van der Waals surface area (Å²) in [6.45, 7) is 2.34. The molecule has 2 aliphatic heterocycles. The second kappa shape index (κ2) is 7.22. The smallest absolute Gasteiger partial charge is 0.188 e. The Morgan fingerprint density at radius 2 is 1.92 bits per heavy atom. The van der Waals surface area contributed by atoms with E-state index in [4.69, 9.17) is 9.47 Å². The SMILES string of the molecule is COCOc1cccc(N2CC3CCC(C2)N3c2ccnc(Br)c2)c1. The monoisotopic (exact) mass is 403 g/mol. The Kier molecular flexibility index (Phi) is 4.81. The number of nitrogens with zero attached hydrogens (tertiary/aromatic N) is 3. The van der Waals surface area contributed by atoms with Crippen molar-refractivity contribution in [2.75, 3.05) is 36.8 Å². The van der Waals surface area contributed by atoms with E-state index >= 15 is 0 Å². The fourth-order valence-electron chi connectivity index (χ4n) is 3.99. The van der Waals surface area contributed by atoms with Gasteiger partial charge in [0.2, 0.25) is 0 Å². The van der Waals surface area contributed by atoms with Crippen molar-refractivity contribution in [3.63, 3.8) is 0 Å². The van der Waals surface area contributed by atoms with E-state index in [9.17, 15) is 0 Å². The number of hydrogen-bond donors (Lipinski definition) is 0. The largest absolute Gasteiger partial charge is 0.467 e. The van der Waals surface area contributed by atoms with Crippen LogP contribution in [0.3, 0.4) is 0 Å². The Bertz CT molecular complexity index is 728. The zero-order valence-corrected chi connectivity index (χ0v) is 15.9. The standard InChI is InChI=1S/C19H22BrN3O2/c1-24-13-25-18-4-2-3-14(9-18)22-11-16-5-6-17(12-22)23(16)15-7-8-21-19(20)10-15/h2-4,7-10,16-17H,5-6,11-13H2,1H3. The molecule has 6 heteroatoms. The van der Waals surface area contributed by atoms with Gasteiger partial charge in [-0.25, -0.2) is 4.98 Å². The molecule has 1 aromatic heterocycles. The van der Waals surface area contributed by atoms with Crippen LogP contribution in [0.1, 0.15) is 12.8 Å². The number of benzene rings is 1. The maximum Gasteiger partial charge on any atom is 0.188 e. The molecule has 0 N–H and O–H groups in total. The minimum absolute atomic E-state index is 0.277. The Hall–Kier alpha value is -1.79. The lowest BCUT2D eigenvalue weighted by Gasteiger charge is -2.43. The van der Waals surface area contributed by atoms with Gasteiger partial charge in [-0.05, 0) is 53.0 Å². The predicted octanol–water partition coefficient (Wildman–Crippen LogP) is 3.68. The molecular weight excluding hydrogens is 382 g/mol. The van der Waals surface area contributed by atoms with Gasteiger partial charge in [0.15, 0.2) is 6.79 Å². The predicted molar refractivity (Wildman–Crippen MR) is 102 cm³/mol. The number of aromatic nitrogens is 1. The van der Waals surface area contributed by atoms with Crippen LogP contribution in [0.15, 0.2) is 47.2 Å². The highest BCUT2D eigenvalue weighted by Gasteiger charge is 2.40. The van der Waals surface area contributed by atoms with Crippen molar-refractivity contribution < 1.29 is 9.47 Å². The Balaban J connectivity index is 1.52. The molecule has 2 saturated heterocycles. The minimum atomic E-state index is 0.277. The summed E-state index contributed by atoms with van der Waals surface area (Å²) in [4.78, 5) is 9.32. The molecule has 2 atom stereocenters. The molecule has 25 heavy (non-hydrogen) atoms. The van der Waals surface area contributed by atoms with Crippen LogP contribution < -0.4 is 14.5 Å². The molecule has 0 aliphatic carbocycles. The number of ether oxygens (including phenoxy) is 2. The number of fused-ring (bicyclic) bond motifs is 2. The van der Waals surface area contributed by atoms with Crippen molar-refractivity contribution >= 4 is 27.3 Å². The van der Waals surface area contributed by atoms with E-state index in [-0.39, 0.29) is 6.79 Å². The molecule has 2 fully saturated rings. The molecule has 2 aromatic rings. The molecule has 0 radical (unpaired) electrons. The third kappa shape index (κ3) is 3.46. The van der Waals surface area contributed by atoms with Crippen molar-refractivity contribution in [2.24, 2.45) is 0 Å². The molecule has 0 spiro atoms. The number of methoxy groups -OCH3 is 1. The minimum Gasteiger partial charge on any atom is -0.467 e. The summed E-state index contributed by atoms with van der Waals surface area (Å²) in [5.74, 6) is 0.854. The van der Waals surface area contributed by atoms with E-state index in [1.54, 1.807) is 7.11 Å². The average Bonchev–Trinajstić information content (AvgIpc) is 2.90. The first-order chi connectivity index (χ1) is 12.2. The van der Waals surface area contributed by atoms with Gasteiger partial charge in [0, 0.05) is 55.9 Å². The summed E-state index contributed by atoms with van der Waals surface area (Å²) < 4.78 is 11.5. The Labute approximate surface area is 156 Å². The summed E-state index contributed by atoms with van der Waals surface area (Å²) in [6.07, 6.45) is 4.35. The van der Waals surface area contributed by atoms with Crippen LogP contribution in [0, 0.1) is 0 Å². The summed E-state index contributed by atoms with van der Waals surface area (Å²) in [7, 11) is 1.64. The maximum absolute atomic E-state index is 5.59. The van der Waals surface area contributed by atoms with Crippen LogP contribution in [-0.4, -0.2) is 44.1 Å². The van der Waals surface area contributed by atoms with Crippen molar-refractivity contribution in [2.45, 2.75) is 24.9 Å². The molecule has 2 aliphatic rings. The lowest BCUT2D eigenvalue weighted by Crippen LogP contribution is -2.54. The van der Waals surface area contributed by atoms with Gasteiger partial charge in [0.1, 0.15) is 10.4 Å². The molecule has 2 unspecified atom stereocenters. The Morgan fingerprint density at radius 3 is 2.64 bits per heavy atom. The molecule has 5 nitrogen and oxygen atoms in total. The van der Waals surface area contributed by atoms with Gasteiger partial charge < -0.3 is 19.3 Å². The summed E-state index contributed by atoms with van der Waals surface area (Å²) in [6, 6.07) is 13.6. The average molecular weight is 404 g/mol. The number of halogens is 1. The maximum atomic E-state index is 5.59. The lowest BCUT2D eigenvalue weighted by molar-refractivity contribution is 0.0511. The van der Waals surface area contributed by atoms with Crippen LogP contribution >= 0.6 is 15.9 Å². The van der Waals surface area contributed by atoms with Crippen molar-refractivity contribution in [1.29, 1.82) is 0 Å². The first kappa shape index (κ1) is 16.7. The van der Waals surface area contributed by atoms with Gasteiger partial charge in [0.25, 0.3) is 0 Å². The van der Waals surface area contributed by atoms with Crippen LogP contribution in [0.25, 0.3) is 0 Å². The van der Waals surface area contributed by atoms with Crippen LogP contribution in [0.4, 0.5) is 11.4 Å². The van der Waals surface area contributed by atoms with E-state index in [1.165, 1.54) is 24.2 Å². The quantitative estimate of drug-likeness (QED) is 0.562. The van der Waals surface area contributed by atoms with Crippen LogP contribution in [0.2, 0.25) is 0 Å². The van der Waals surface area contributed by atoms with E-state index < -0.39 is 0 Å².